The molecule has 1 heterocycles. The molecule has 4 N–H and O–H groups in total. The molecule has 88 valence electrons. The first kappa shape index (κ1) is 11.2. The second-order valence-electron chi connectivity index (χ2n) is 3.88. The maximum Gasteiger partial charge on any atom is 0.157 e. The molecule has 5 nitrogen and oxygen atoms in total. The third-order valence-corrected chi connectivity index (χ3v) is 2.50. The second kappa shape index (κ2) is 4.69. The summed E-state index contributed by atoms with van der Waals surface area (Å²) >= 11 is 0. The van der Waals surface area contributed by atoms with E-state index in [2.05, 4.69) is 5.32 Å². The molecule has 5 heteroatoms. The average molecular weight is 225 g/mol. The molecule has 1 saturated heterocycles. The third kappa shape index (κ3) is 2.85. The summed E-state index contributed by atoms with van der Waals surface area (Å²) in [6.07, 6.45) is -0.425. The number of aliphatic hydroxyl groups excluding tert-OH is 1. The van der Waals surface area contributed by atoms with E-state index < -0.39 is 6.10 Å². The molecule has 2 atom stereocenters. The zero-order chi connectivity index (χ0) is 11.5. The summed E-state index contributed by atoms with van der Waals surface area (Å²) < 4.78 is 5.01. The molecule has 2 rings (SSSR count). The smallest absolute Gasteiger partial charge is 0.157 e. The molecule has 0 amide bonds. The number of benzene rings is 1. The predicted molar refractivity (Wildman–Crippen MR) is 57.3 cm³/mol. The number of phenols is 2. The van der Waals surface area contributed by atoms with Crippen molar-refractivity contribution < 1.29 is 20.1 Å². The Balaban J connectivity index is 1.86. The van der Waals surface area contributed by atoms with E-state index >= 15 is 0 Å². The SMILES string of the molecule is Oc1ccc(C(O)CNCC2CO2)cc1O. The van der Waals surface area contributed by atoms with Crippen molar-refractivity contribution in [3.8, 4) is 11.5 Å². The molecule has 0 saturated carbocycles. The molecule has 1 aromatic carbocycles. The van der Waals surface area contributed by atoms with E-state index in [-0.39, 0.29) is 17.6 Å². The Hall–Kier alpha value is -1.30. The number of phenolic OH excluding ortho intramolecular Hbond substituents is 2. The number of rotatable bonds is 5. The molecule has 0 aliphatic carbocycles. The molecular formula is C11H15NO4. The molecule has 0 radical (unpaired) electrons. The predicted octanol–water partition coefficient (Wildman–Crippen LogP) is 0.120. The standard InChI is InChI=1S/C11H15NO4/c13-9-2-1-7(3-10(9)14)11(15)5-12-4-8-6-16-8/h1-3,8,11-15H,4-6H2. The van der Waals surface area contributed by atoms with Crippen LogP contribution in [0.2, 0.25) is 0 Å². The quantitative estimate of drug-likeness (QED) is 0.422. The van der Waals surface area contributed by atoms with Gasteiger partial charge in [0.25, 0.3) is 0 Å². The van der Waals surface area contributed by atoms with Crippen LogP contribution in [-0.2, 0) is 4.74 Å². The number of nitrogens with one attached hydrogen (secondary N) is 1. The summed E-state index contributed by atoms with van der Waals surface area (Å²) in [6, 6.07) is 4.29. The molecule has 1 aliphatic heterocycles. The summed E-state index contributed by atoms with van der Waals surface area (Å²) in [5.74, 6) is -0.405. The van der Waals surface area contributed by atoms with Gasteiger partial charge in [0.1, 0.15) is 0 Å². The van der Waals surface area contributed by atoms with E-state index in [1.54, 1.807) is 6.07 Å². The van der Waals surface area contributed by atoms with Crippen molar-refractivity contribution in [3.05, 3.63) is 23.8 Å². The van der Waals surface area contributed by atoms with E-state index in [9.17, 15) is 10.2 Å². The lowest BCUT2D eigenvalue weighted by molar-refractivity contribution is 0.173. The molecule has 0 aromatic heterocycles. The van der Waals surface area contributed by atoms with Gasteiger partial charge in [0, 0.05) is 13.1 Å². The number of aliphatic hydroxyl groups is 1. The van der Waals surface area contributed by atoms with E-state index in [4.69, 9.17) is 9.84 Å². The zero-order valence-electron chi connectivity index (χ0n) is 8.76. The van der Waals surface area contributed by atoms with Gasteiger partial charge >= 0.3 is 0 Å². The highest BCUT2D eigenvalue weighted by Crippen LogP contribution is 2.27. The summed E-state index contributed by atoms with van der Waals surface area (Å²) in [7, 11) is 0. The van der Waals surface area contributed by atoms with Crippen molar-refractivity contribution in [2.45, 2.75) is 12.2 Å². The first-order valence-corrected chi connectivity index (χ1v) is 5.19. The fourth-order valence-electron chi connectivity index (χ4n) is 1.43. The largest absolute Gasteiger partial charge is 0.504 e. The van der Waals surface area contributed by atoms with Crippen molar-refractivity contribution in [1.82, 2.24) is 5.32 Å². The van der Waals surface area contributed by atoms with Crippen LogP contribution in [-0.4, -0.2) is 41.1 Å². The third-order valence-electron chi connectivity index (χ3n) is 2.50. The van der Waals surface area contributed by atoms with Gasteiger partial charge in [-0.15, -0.1) is 0 Å². The van der Waals surface area contributed by atoms with E-state index in [1.807, 2.05) is 0 Å². The fourth-order valence-corrected chi connectivity index (χ4v) is 1.43. The lowest BCUT2D eigenvalue weighted by Crippen LogP contribution is -2.25. The van der Waals surface area contributed by atoms with Crippen LogP contribution >= 0.6 is 0 Å². The highest BCUT2D eigenvalue weighted by molar-refractivity contribution is 5.41. The minimum absolute atomic E-state index is 0.185. The van der Waals surface area contributed by atoms with Crippen LogP contribution in [0.4, 0.5) is 0 Å². The molecule has 2 unspecified atom stereocenters. The molecular weight excluding hydrogens is 210 g/mol. The Bertz CT molecular complexity index is 365. The van der Waals surface area contributed by atoms with Crippen LogP contribution in [0.15, 0.2) is 18.2 Å². The number of ether oxygens (including phenoxy) is 1. The van der Waals surface area contributed by atoms with Crippen LogP contribution in [0, 0.1) is 0 Å². The molecule has 1 aliphatic rings. The monoisotopic (exact) mass is 225 g/mol. The Morgan fingerprint density at radius 1 is 1.38 bits per heavy atom. The molecule has 1 aromatic rings. The average Bonchev–Trinajstić information content (AvgIpc) is 3.06. The number of hydrogen-bond acceptors (Lipinski definition) is 5. The Morgan fingerprint density at radius 2 is 2.12 bits per heavy atom. The minimum Gasteiger partial charge on any atom is -0.504 e. The molecule has 0 bridgehead atoms. The van der Waals surface area contributed by atoms with Crippen molar-refractivity contribution in [2.24, 2.45) is 0 Å². The van der Waals surface area contributed by atoms with Gasteiger partial charge in [0.15, 0.2) is 11.5 Å². The lowest BCUT2D eigenvalue weighted by Gasteiger charge is -2.12. The molecule has 16 heavy (non-hydrogen) atoms. The maximum absolute atomic E-state index is 9.77. The van der Waals surface area contributed by atoms with Crippen LogP contribution in [0.1, 0.15) is 11.7 Å². The van der Waals surface area contributed by atoms with Crippen molar-refractivity contribution in [1.29, 1.82) is 0 Å². The summed E-state index contributed by atoms with van der Waals surface area (Å²) in [5, 5.41) is 31.2. The number of hydrogen-bond donors (Lipinski definition) is 4. The number of aromatic hydroxyl groups is 2. The zero-order valence-corrected chi connectivity index (χ0v) is 8.76. The Morgan fingerprint density at radius 3 is 2.75 bits per heavy atom. The highest BCUT2D eigenvalue weighted by Gasteiger charge is 2.21. The van der Waals surface area contributed by atoms with Crippen LogP contribution < -0.4 is 5.32 Å². The van der Waals surface area contributed by atoms with Gasteiger partial charge in [0.05, 0.1) is 18.8 Å². The first-order chi connectivity index (χ1) is 7.66. The van der Waals surface area contributed by atoms with Gasteiger partial charge in [-0.3, -0.25) is 0 Å². The summed E-state index contributed by atoms with van der Waals surface area (Å²) in [5.41, 5.74) is 0.569. The normalized spacial score (nSPS) is 20.7. The topological polar surface area (TPSA) is 85.2 Å². The Kier molecular flexibility index (Phi) is 3.28. The van der Waals surface area contributed by atoms with Crippen molar-refractivity contribution >= 4 is 0 Å². The first-order valence-electron chi connectivity index (χ1n) is 5.19. The van der Waals surface area contributed by atoms with Crippen molar-refractivity contribution in [3.63, 3.8) is 0 Å². The highest BCUT2D eigenvalue weighted by atomic mass is 16.6. The maximum atomic E-state index is 9.77. The van der Waals surface area contributed by atoms with Gasteiger partial charge in [0.2, 0.25) is 0 Å². The lowest BCUT2D eigenvalue weighted by atomic mass is 10.1. The van der Waals surface area contributed by atoms with Gasteiger partial charge < -0.3 is 25.4 Å². The van der Waals surface area contributed by atoms with Crippen LogP contribution in [0.25, 0.3) is 0 Å². The minimum atomic E-state index is -0.703. The van der Waals surface area contributed by atoms with Crippen molar-refractivity contribution in [2.75, 3.05) is 19.7 Å². The summed E-state index contributed by atoms with van der Waals surface area (Å²) in [6.45, 7) is 1.90. The second-order valence-corrected chi connectivity index (χ2v) is 3.88. The van der Waals surface area contributed by atoms with E-state index in [1.165, 1.54) is 12.1 Å². The number of epoxide rings is 1. The van der Waals surface area contributed by atoms with Gasteiger partial charge in [-0.1, -0.05) is 6.07 Å². The van der Waals surface area contributed by atoms with Gasteiger partial charge in [-0.25, -0.2) is 0 Å². The summed E-state index contributed by atoms with van der Waals surface area (Å²) in [4.78, 5) is 0. The van der Waals surface area contributed by atoms with Crippen LogP contribution in [0.3, 0.4) is 0 Å². The molecule has 0 spiro atoms. The van der Waals surface area contributed by atoms with Crippen LogP contribution in [0.5, 0.6) is 11.5 Å². The van der Waals surface area contributed by atoms with Gasteiger partial charge in [-0.05, 0) is 17.7 Å². The van der Waals surface area contributed by atoms with E-state index in [0.29, 0.717) is 12.1 Å². The fraction of sp³-hybridized carbons (Fsp3) is 0.455. The molecule has 1 fully saturated rings. The van der Waals surface area contributed by atoms with Gasteiger partial charge in [-0.2, -0.15) is 0 Å². The van der Waals surface area contributed by atoms with E-state index in [0.717, 1.165) is 13.2 Å². The Labute approximate surface area is 93.3 Å².